The van der Waals surface area contributed by atoms with Gasteiger partial charge in [0.25, 0.3) is 0 Å². The van der Waals surface area contributed by atoms with Gasteiger partial charge in [0.2, 0.25) is 0 Å². The highest BCUT2D eigenvalue weighted by atomic mass is 16.5. The van der Waals surface area contributed by atoms with Gasteiger partial charge in [-0.15, -0.1) is 0 Å². The van der Waals surface area contributed by atoms with E-state index in [4.69, 9.17) is 9.72 Å². The van der Waals surface area contributed by atoms with Gasteiger partial charge in [0.1, 0.15) is 5.75 Å². The minimum atomic E-state index is 0.150. The summed E-state index contributed by atoms with van der Waals surface area (Å²) < 4.78 is 5.87. The third-order valence-corrected chi connectivity index (χ3v) is 3.12. The van der Waals surface area contributed by atoms with E-state index in [2.05, 4.69) is 18.2 Å². The molecule has 0 fully saturated rings. The number of nitrogens with zero attached hydrogens (tertiary/aromatic N) is 1. The molecule has 0 saturated heterocycles. The summed E-state index contributed by atoms with van der Waals surface area (Å²) in [6.07, 6.45) is 0.150. The van der Waals surface area contributed by atoms with Crippen LogP contribution in [0.15, 0.2) is 60.7 Å². The third kappa shape index (κ3) is 2.50. The Labute approximate surface area is 119 Å². The third-order valence-electron chi connectivity index (χ3n) is 3.12. The molecule has 3 aromatic rings. The maximum absolute atomic E-state index is 5.87. The Hall–Kier alpha value is -2.35. The number of hydrogen-bond donors (Lipinski definition) is 0. The minimum Gasteiger partial charge on any atom is -0.490 e. The molecule has 0 amide bonds. The number of ether oxygens (including phenoxy) is 1. The SMILES string of the molecule is CC(C)Oc1ccccc1-c1ccc2ccccc2n1. The first-order valence-electron chi connectivity index (χ1n) is 6.86. The van der Waals surface area contributed by atoms with Gasteiger partial charge < -0.3 is 4.74 Å². The molecular weight excluding hydrogens is 246 g/mol. The molecule has 2 heteroatoms. The fraction of sp³-hybridized carbons (Fsp3) is 0.167. The molecule has 0 aliphatic carbocycles. The van der Waals surface area contributed by atoms with Crippen molar-refractivity contribution in [3.8, 4) is 17.0 Å². The van der Waals surface area contributed by atoms with E-state index in [9.17, 15) is 0 Å². The van der Waals surface area contributed by atoms with Gasteiger partial charge in [-0.05, 0) is 38.1 Å². The van der Waals surface area contributed by atoms with Crippen molar-refractivity contribution in [1.82, 2.24) is 4.98 Å². The van der Waals surface area contributed by atoms with Gasteiger partial charge in [-0.2, -0.15) is 0 Å². The molecule has 20 heavy (non-hydrogen) atoms. The second kappa shape index (κ2) is 5.33. The molecule has 2 aromatic carbocycles. The van der Waals surface area contributed by atoms with Crippen LogP contribution in [0.3, 0.4) is 0 Å². The molecule has 0 aliphatic heterocycles. The number of rotatable bonds is 3. The van der Waals surface area contributed by atoms with E-state index in [-0.39, 0.29) is 6.10 Å². The van der Waals surface area contributed by atoms with Gasteiger partial charge in [-0.25, -0.2) is 4.98 Å². The van der Waals surface area contributed by atoms with Crippen LogP contribution in [-0.4, -0.2) is 11.1 Å². The number of pyridine rings is 1. The highest BCUT2D eigenvalue weighted by Crippen LogP contribution is 2.30. The fourth-order valence-electron chi connectivity index (χ4n) is 2.25. The standard InChI is InChI=1S/C18H17NO/c1-13(2)20-18-10-6-4-8-15(18)17-12-11-14-7-3-5-9-16(14)19-17/h3-13H,1-2H3. The van der Waals surface area contributed by atoms with Crippen LogP contribution in [0.1, 0.15) is 13.8 Å². The van der Waals surface area contributed by atoms with Gasteiger partial charge >= 0.3 is 0 Å². The molecule has 100 valence electrons. The number of hydrogen-bond acceptors (Lipinski definition) is 2. The summed E-state index contributed by atoms with van der Waals surface area (Å²) in [5, 5.41) is 1.15. The maximum Gasteiger partial charge on any atom is 0.129 e. The molecule has 0 unspecified atom stereocenters. The molecule has 1 aromatic heterocycles. The van der Waals surface area contributed by atoms with Crippen LogP contribution in [0, 0.1) is 0 Å². The molecule has 0 radical (unpaired) electrons. The normalized spacial score (nSPS) is 10.9. The Kier molecular flexibility index (Phi) is 3.38. The molecule has 1 heterocycles. The van der Waals surface area contributed by atoms with Crippen molar-refractivity contribution >= 4 is 10.9 Å². The summed E-state index contributed by atoms with van der Waals surface area (Å²) in [6, 6.07) is 20.3. The lowest BCUT2D eigenvalue weighted by Crippen LogP contribution is -2.06. The van der Waals surface area contributed by atoms with Gasteiger partial charge in [0, 0.05) is 10.9 Å². The average molecular weight is 263 g/mol. The second-order valence-corrected chi connectivity index (χ2v) is 5.05. The molecule has 0 N–H and O–H groups in total. The summed E-state index contributed by atoms with van der Waals surface area (Å²) in [7, 11) is 0. The Balaban J connectivity index is 2.10. The molecule has 3 rings (SSSR count). The monoisotopic (exact) mass is 263 g/mol. The smallest absolute Gasteiger partial charge is 0.129 e. The highest BCUT2D eigenvalue weighted by molar-refractivity contribution is 5.82. The largest absolute Gasteiger partial charge is 0.490 e. The van der Waals surface area contributed by atoms with Crippen molar-refractivity contribution in [3.05, 3.63) is 60.7 Å². The van der Waals surface area contributed by atoms with Crippen LogP contribution < -0.4 is 4.74 Å². The van der Waals surface area contributed by atoms with E-state index in [1.54, 1.807) is 0 Å². The van der Waals surface area contributed by atoms with Gasteiger partial charge in [-0.3, -0.25) is 0 Å². The molecule has 0 spiro atoms. The van der Waals surface area contributed by atoms with Crippen molar-refractivity contribution in [3.63, 3.8) is 0 Å². The molecule has 0 bridgehead atoms. The topological polar surface area (TPSA) is 22.1 Å². The quantitative estimate of drug-likeness (QED) is 0.684. The number of fused-ring (bicyclic) bond motifs is 1. The first kappa shape index (κ1) is 12.7. The predicted octanol–water partition coefficient (Wildman–Crippen LogP) is 4.69. The minimum absolute atomic E-state index is 0.150. The van der Waals surface area contributed by atoms with Crippen LogP contribution >= 0.6 is 0 Å². The lowest BCUT2D eigenvalue weighted by atomic mass is 10.1. The van der Waals surface area contributed by atoms with Crippen LogP contribution in [0.2, 0.25) is 0 Å². The van der Waals surface area contributed by atoms with Crippen molar-refractivity contribution < 1.29 is 4.74 Å². The van der Waals surface area contributed by atoms with E-state index in [0.717, 1.165) is 27.9 Å². The van der Waals surface area contributed by atoms with Crippen LogP contribution in [0.4, 0.5) is 0 Å². The van der Waals surface area contributed by atoms with Crippen LogP contribution in [0.5, 0.6) is 5.75 Å². The van der Waals surface area contributed by atoms with Crippen molar-refractivity contribution in [2.75, 3.05) is 0 Å². The lowest BCUT2D eigenvalue weighted by Gasteiger charge is -2.14. The zero-order valence-corrected chi connectivity index (χ0v) is 11.7. The summed E-state index contributed by atoms with van der Waals surface area (Å²) in [6.45, 7) is 4.06. The van der Waals surface area contributed by atoms with Gasteiger partial charge in [0.05, 0.1) is 17.3 Å². The summed E-state index contributed by atoms with van der Waals surface area (Å²) in [4.78, 5) is 4.73. The van der Waals surface area contributed by atoms with E-state index in [0.29, 0.717) is 0 Å². The van der Waals surface area contributed by atoms with E-state index >= 15 is 0 Å². The average Bonchev–Trinajstić information content (AvgIpc) is 2.47. The molecule has 0 aliphatic rings. The second-order valence-electron chi connectivity index (χ2n) is 5.05. The van der Waals surface area contributed by atoms with E-state index in [1.807, 2.05) is 56.3 Å². The summed E-state index contributed by atoms with van der Waals surface area (Å²) in [5.74, 6) is 0.880. The van der Waals surface area contributed by atoms with Crippen molar-refractivity contribution in [2.45, 2.75) is 20.0 Å². The summed E-state index contributed by atoms with van der Waals surface area (Å²) in [5.41, 5.74) is 2.98. The molecular formula is C18H17NO. The van der Waals surface area contributed by atoms with Gasteiger partial charge in [0.15, 0.2) is 0 Å². The zero-order chi connectivity index (χ0) is 13.9. The molecule has 2 nitrogen and oxygen atoms in total. The highest BCUT2D eigenvalue weighted by Gasteiger charge is 2.09. The van der Waals surface area contributed by atoms with Crippen molar-refractivity contribution in [2.24, 2.45) is 0 Å². The Bertz CT molecular complexity index is 734. The zero-order valence-electron chi connectivity index (χ0n) is 11.7. The predicted molar refractivity (Wildman–Crippen MR) is 82.9 cm³/mol. The number of para-hydroxylation sites is 2. The number of benzene rings is 2. The lowest BCUT2D eigenvalue weighted by molar-refractivity contribution is 0.243. The van der Waals surface area contributed by atoms with Crippen LogP contribution in [0.25, 0.3) is 22.2 Å². The van der Waals surface area contributed by atoms with Gasteiger partial charge in [-0.1, -0.05) is 36.4 Å². The van der Waals surface area contributed by atoms with Crippen LogP contribution in [-0.2, 0) is 0 Å². The molecule has 0 saturated carbocycles. The Morgan fingerprint density at radius 1 is 0.850 bits per heavy atom. The first-order valence-corrected chi connectivity index (χ1v) is 6.86. The van der Waals surface area contributed by atoms with E-state index in [1.165, 1.54) is 0 Å². The summed E-state index contributed by atoms with van der Waals surface area (Å²) >= 11 is 0. The van der Waals surface area contributed by atoms with E-state index < -0.39 is 0 Å². The maximum atomic E-state index is 5.87. The fourth-order valence-corrected chi connectivity index (χ4v) is 2.25. The Morgan fingerprint density at radius 2 is 1.60 bits per heavy atom. The Morgan fingerprint density at radius 3 is 2.45 bits per heavy atom. The number of aromatic nitrogens is 1. The first-order chi connectivity index (χ1) is 9.74. The molecule has 0 atom stereocenters. The van der Waals surface area contributed by atoms with Crippen molar-refractivity contribution in [1.29, 1.82) is 0 Å².